The van der Waals surface area contributed by atoms with E-state index in [0.29, 0.717) is 5.92 Å². The second-order valence-electron chi connectivity index (χ2n) is 5.25. The summed E-state index contributed by atoms with van der Waals surface area (Å²) in [6.45, 7) is 1.11. The molecular formula is C13H24O2. The molecule has 2 aliphatic carbocycles. The molecule has 0 radical (unpaired) electrons. The van der Waals surface area contributed by atoms with E-state index in [0.717, 1.165) is 12.5 Å². The molecule has 2 heteroatoms. The third-order valence-corrected chi connectivity index (χ3v) is 4.13. The van der Waals surface area contributed by atoms with Gasteiger partial charge in [-0.25, -0.2) is 0 Å². The summed E-state index contributed by atoms with van der Waals surface area (Å²) in [6, 6.07) is 0. The van der Waals surface area contributed by atoms with Gasteiger partial charge in [0.25, 0.3) is 0 Å². The Balaban J connectivity index is 1.69. The summed E-state index contributed by atoms with van der Waals surface area (Å²) in [6.07, 6.45) is 10.7. The molecule has 0 aromatic heterocycles. The van der Waals surface area contributed by atoms with Crippen LogP contribution in [-0.2, 0) is 4.74 Å². The van der Waals surface area contributed by atoms with Gasteiger partial charge in [-0.2, -0.15) is 0 Å². The molecule has 2 saturated carbocycles. The van der Waals surface area contributed by atoms with Crippen molar-refractivity contribution >= 4 is 0 Å². The number of hydrogen-bond acceptors (Lipinski definition) is 2. The average Bonchev–Trinajstić information content (AvgIpc) is 2.90. The molecule has 0 aromatic rings. The summed E-state index contributed by atoms with van der Waals surface area (Å²) in [5.74, 6) is 1.41. The van der Waals surface area contributed by atoms with Crippen LogP contribution in [0.4, 0.5) is 0 Å². The van der Waals surface area contributed by atoms with Gasteiger partial charge in [0.2, 0.25) is 0 Å². The normalized spacial score (nSPS) is 26.2. The third-order valence-electron chi connectivity index (χ3n) is 4.13. The maximum atomic E-state index is 9.34. The van der Waals surface area contributed by atoms with Crippen molar-refractivity contribution < 1.29 is 9.84 Å². The van der Waals surface area contributed by atoms with Crippen LogP contribution in [0, 0.1) is 11.8 Å². The van der Waals surface area contributed by atoms with E-state index >= 15 is 0 Å². The Kier molecular flexibility index (Phi) is 4.45. The number of aliphatic hydroxyl groups excluding tert-OH is 1. The quantitative estimate of drug-likeness (QED) is 0.759. The predicted molar refractivity (Wildman–Crippen MR) is 60.7 cm³/mol. The predicted octanol–water partition coefficient (Wildman–Crippen LogP) is 2.74. The van der Waals surface area contributed by atoms with Gasteiger partial charge in [0.05, 0.1) is 12.7 Å². The molecule has 0 aromatic carbocycles. The molecule has 2 fully saturated rings. The molecule has 0 spiro atoms. The summed E-state index contributed by atoms with van der Waals surface area (Å²) < 4.78 is 5.91. The summed E-state index contributed by atoms with van der Waals surface area (Å²) in [7, 11) is 0. The van der Waals surface area contributed by atoms with Crippen molar-refractivity contribution in [3.63, 3.8) is 0 Å². The number of aliphatic hydroxyl groups is 1. The van der Waals surface area contributed by atoms with E-state index in [1.165, 1.54) is 51.4 Å². The Hall–Kier alpha value is -0.0800. The Morgan fingerprint density at radius 1 is 1.00 bits per heavy atom. The van der Waals surface area contributed by atoms with Crippen molar-refractivity contribution in [1.29, 1.82) is 0 Å². The van der Waals surface area contributed by atoms with Gasteiger partial charge >= 0.3 is 0 Å². The first kappa shape index (κ1) is 11.4. The molecule has 0 amide bonds. The zero-order valence-corrected chi connectivity index (χ0v) is 9.66. The second-order valence-corrected chi connectivity index (χ2v) is 5.25. The minimum atomic E-state index is 0.132. The highest BCUT2D eigenvalue weighted by atomic mass is 16.5. The number of ether oxygens (including phenoxy) is 1. The maximum Gasteiger partial charge on any atom is 0.0833 e. The van der Waals surface area contributed by atoms with E-state index in [9.17, 15) is 5.11 Å². The van der Waals surface area contributed by atoms with Crippen LogP contribution < -0.4 is 0 Å². The summed E-state index contributed by atoms with van der Waals surface area (Å²) >= 11 is 0. The molecule has 1 unspecified atom stereocenters. The largest absolute Gasteiger partial charge is 0.394 e. The van der Waals surface area contributed by atoms with E-state index in [2.05, 4.69) is 0 Å². The number of hydrogen-bond donors (Lipinski definition) is 1. The van der Waals surface area contributed by atoms with E-state index in [4.69, 9.17) is 4.74 Å². The van der Waals surface area contributed by atoms with Crippen molar-refractivity contribution in [2.24, 2.45) is 11.8 Å². The first-order chi connectivity index (χ1) is 7.40. The van der Waals surface area contributed by atoms with E-state index in [1.54, 1.807) is 0 Å². The molecule has 1 atom stereocenters. The summed E-state index contributed by atoms with van der Waals surface area (Å²) in [5.41, 5.74) is 0. The highest BCUT2D eigenvalue weighted by molar-refractivity contribution is 4.76. The fraction of sp³-hybridized carbons (Fsp3) is 1.00. The molecular weight excluding hydrogens is 188 g/mol. The Labute approximate surface area is 93.0 Å². The van der Waals surface area contributed by atoms with Crippen molar-refractivity contribution in [1.82, 2.24) is 0 Å². The minimum Gasteiger partial charge on any atom is -0.394 e. The molecule has 1 N–H and O–H groups in total. The van der Waals surface area contributed by atoms with Crippen LogP contribution in [0.1, 0.15) is 51.4 Å². The highest BCUT2D eigenvalue weighted by Crippen LogP contribution is 2.31. The van der Waals surface area contributed by atoms with Crippen molar-refractivity contribution in [2.45, 2.75) is 57.5 Å². The van der Waals surface area contributed by atoms with Crippen LogP contribution in [0.3, 0.4) is 0 Å². The van der Waals surface area contributed by atoms with Crippen molar-refractivity contribution in [3.8, 4) is 0 Å². The molecule has 0 aliphatic heterocycles. The van der Waals surface area contributed by atoms with Gasteiger partial charge < -0.3 is 9.84 Å². The van der Waals surface area contributed by atoms with Crippen LogP contribution in [-0.4, -0.2) is 24.4 Å². The second kappa shape index (κ2) is 5.86. The highest BCUT2D eigenvalue weighted by Gasteiger charge is 2.26. The van der Waals surface area contributed by atoms with Crippen molar-refractivity contribution in [3.05, 3.63) is 0 Å². The fourth-order valence-electron chi connectivity index (χ4n) is 3.10. The van der Waals surface area contributed by atoms with Gasteiger partial charge in [0.15, 0.2) is 0 Å². The van der Waals surface area contributed by atoms with Crippen LogP contribution >= 0.6 is 0 Å². The minimum absolute atomic E-state index is 0.132. The molecule has 2 aliphatic rings. The summed E-state index contributed by atoms with van der Waals surface area (Å²) in [4.78, 5) is 0. The first-order valence-electron chi connectivity index (χ1n) is 6.62. The molecule has 2 nitrogen and oxygen atoms in total. The van der Waals surface area contributed by atoms with Crippen LogP contribution in [0.2, 0.25) is 0 Å². The molecule has 0 heterocycles. The first-order valence-corrected chi connectivity index (χ1v) is 6.62. The van der Waals surface area contributed by atoms with E-state index in [1.807, 2.05) is 0 Å². The lowest BCUT2D eigenvalue weighted by atomic mass is 10.0. The monoisotopic (exact) mass is 212 g/mol. The van der Waals surface area contributed by atoms with Gasteiger partial charge in [0, 0.05) is 6.61 Å². The summed E-state index contributed by atoms with van der Waals surface area (Å²) in [5, 5.41) is 9.34. The lowest BCUT2D eigenvalue weighted by Crippen LogP contribution is -2.28. The zero-order chi connectivity index (χ0) is 10.5. The maximum absolute atomic E-state index is 9.34. The third kappa shape index (κ3) is 3.18. The molecule has 0 bridgehead atoms. The zero-order valence-electron chi connectivity index (χ0n) is 9.66. The van der Waals surface area contributed by atoms with Gasteiger partial charge in [-0.05, 0) is 37.5 Å². The van der Waals surface area contributed by atoms with Crippen LogP contribution in [0.5, 0.6) is 0 Å². The van der Waals surface area contributed by atoms with Crippen molar-refractivity contribution in [2.75, 3.05) is 13.2 Å². The Morgan fingerprint density at radius 2 is 1.60 bits per heavy atom. The standard InChI is InChI=1S/C13H24O2/c14-9-13(12-7-3-4-8-12)15-10-11-5-1-2-6-11/h11-14H,1-10H2. The van der Waals surface area contributed by atoms with E-state index < -0.39 is 0 Å². The van der Waals surface area contributed by atoms with E-state index in [-0.39, 0.29) is 12.7 Å². The molecule has 15 heavy (non-hydrogen) atoms. The topological polar surface area (TPSA) is 29.5 Å². The van der Waals surface area contributed by atoms with Gasteiger partial charge in [-0.1, -0.05) is 25.7 Å². The SMILES string of the molecule is OCC(OCC1CCCC1)C1CCCC1. The lowest BCUT2D eigenvalue weighted by Gasteiger charge is -2.23. The number of rotatable bonds is 5. The Bertz CT molecular complexity index is 169. The molecule has 2 rings (SSSR count). The van der Waals surface area contributed by atoms with Gasteiger partial charge in [-0.15, -0.1) is 0 Å². The average molecular weight is 212 g/mol. The Morgan fingerprint density at radius 3 is 2.20 bits per heavy atom. The lowest BCUT2D eigenvalue weighted by molar-refractivity contribution is -0.0353. The fourth-order valence-corrected chi connectivity index (χ4v) is 3.10. The smallest absolute Gasteiger partial charge is 0.0833 e. The molecule has 88 valence electrons. The van der Waals surface area contributed by atoms with Gasteiger partial charge in [0.1, 0.15) is 0 Å². The van der Waals surface area contributed by atoms with Gasteiger partial charge in [-0.3, -0.25) is 0 Å². The van der Waals surface area contributed by atoms with Crippen LogP contribution in [0.15, 0.2) is 0 Å². The van der Waals surface area contributed by atoms with Crippen LogP contribution in [0.25, 0.3) is 0 Å². The molecule has 0 saturated heterocycles.